The van der Waals surface area contributed by atoms with Crippen molar-refractivity contribution < 1.29 is 36.5 Å². The van der Waals surface area contributed by atoms with Crippen LogP contribution in [0.5, 0.6) is 11.5 Å². The third-order valence-corrected chi connectivity index (χ3v) is 4.96. The van der Waals surface area contributed by atoms with Gasteiger partial charge in [0.1, 0.15) is 24.2 Å². The molecule has 0 radical (unpaired) electrons. The van der Waals surface area contributed by atoms with E-state index in [1.165, 1.54) is 12.1 Å². The molecule has 2 aromatic carbocycles. The van der Waals surface area contributed by atoms with Crippen LogP contribution in [0.3, 0.4) is 0 Å². The van der Waals surface area contributed by atoms with Crippen LogP contribution in [0.15, 0.2) is 48.5 Å². The fourth-order valence-electron chi connectivity index (χ4n) is 2.60. The van der Waals surface area contributed by atoms with Crippen LogP contribution < -0.4 is 9.47 Å². The molecule has 0 fully saturated rings. The molecule has 0 heterocycles. The molecular formula is C21H22ClF5O3. The molecule has 3 nitrogen and oxygen atoms in total. The van der Waals surface area contributed by atoms with Crippen molar-refractivity contribution in [3.8, 4) is 11.5 Å². The molecule has 166 valence electrons. The summed E-state index contributed by atoms with van der Waals surface area (Å²) in [6, 6.07) is 13.1. The molecule has 1 atom stereocenters. The van der Waals surface area contributed by atoms with Crippen LogP contribution in [-0.4, -0.2) is 42.4 Å². The Hall–Kier alpha value is -2.06. The van der Waals surface area contributed by atoms with Gasteiger partial charge in [-0.2, -0.15) is 22.0 Å². The maximum absolute atomic E-state index is 13.0. The summed E-state index contributed by atoms with van der Waals surface area (Å²) in [6.45, 7) is 2.17. The van der Waals surface area contributed by atoms with Crippen LogP contribution in [0.1, 0.15) is 25.0 Å². The van der Waals surface area contributed by atoms with E-state index in [0.29, 0.717) is 5.75 Å². The standard InChI is InChI=1S/C21H22ClF5O3/c1-19(2,14-3-7-17(8-4-14)29-12-16(28)11-22)15-5-9-18(10-6-15)30-13-20(23,24)21(25,26)27/h3-10,16,28H,11-13H2,1-2H3. The Kier molecular flexibility index (Phi) is 7.58. The number of alkyl halides is 6. The first-order valence-electron chi connectivity index (χ1n) is 9.02. The predicted molar refractivity (Wildman–Crippen MR) is 104 cm³/mol. The average molecular weight is 453 g/mol. The van der Waals surface area contributed by atoms with Crippen molar-refractivity contribution in [3.63, 3.8) is 0 Å². The summed E-state index contributed by atoms with van der Waals surface area (Å²) in [6.07, 6.45) is -6.42. The van der Waals surface area contributed by atoms with Crippen LogP contribution in [0.4, 0.5) is 22.0 Å². The second kappa shape index (κ2) is 9.39. The number of aliphatic hydroxyl groups excluding tert-OH is 1. The van der Waals surface area contributed by atoms with Crippen molar-refractivity contribution >= 4 is 11.6 Å². The summed E-state index contributed by atoms with van der Waals surface area (Å²) in [5, 5.41) is 9.43. The minimum absolute atomic E-state index is 0.0681. The van der Waals surface area contributed by atoms with E-state index in [4.69, 9.17) is 16.3 Å². The van der Waals surface area contributed by atoms with E-state index in [-0.39, 0.29) is 18.2 Å². The van der Waals surface area contributed by atoms with Gasteiger partial charge >= 0.3 is 12.1 Å². The molecule has 0 bridgehead atoms. The highest BCUT2D eigenvalue weighted by atomic mass is 35.5. The molecule has 1 unspecified atom stereocenters. The van der Waals surface area contributed by atoms with Gasteiger partial charge in [0.25, 0.3) is 0 Å². The van der Waals surface area contributed by atoms with Crippen LogP contribution in [0.25, 0.3) is 0 Å². The van der Waals surface area contributed by atoms with E-state index >= 15 is 0 Å². The number of halogens is 6. The van der Waals surface area contributed by atoms with Gasteiger partial charge in [-0.1, -0.05) is 38.1 Å². The van der Waals surface area contributed by atoms with E-state index in [1.807, 2.05) is 26.0 Å². The Morgan fingerprint density at radius 3 is 1.67 bits per heavy atom. The normalized spacial score (nSPS) is 13.8. The van der Waals surface area contributed by atoms with Gasteiger partial charge in [-0.3, -0.25) is 0 Å². The van der Waals surface area contributed by atoms with Gasteiger partial charge in [0.2, 0.25) is 0 Å². The fraction of sp³-hybridized carbons (Fsp3) is 0.429. The maximum atomic E-state index is 13.0. The second-order valence-electron chi connectivity index (χ2n) is 7.28. The van der Waals surface area contributed by atoms with E-state index < -0.39 is 30.2 Å². The lowest BCUT2D eigenvalue weighted by Crippen LogP contribution is -2.41. The van der Waals surface area contributed by atoms with Crippen LogP contribution in [0.2, 0.25) is 0 Å². The van der Waals surface area contributed by atoms with Gasteiger partial charge in [-0.25, -0.2) is 0 Å². The monoisotopic (exact) mass is 452 g/mol. The van der Waals surface area contributed by atoms with E-state index in [9.17, 15) is 27.1 Å². The summed E-state index contributed by atoms with van der Waals surface area (Å²) in [5.41, 5.74) is 1.25. The highest BCUT2D eigenvalue weighted by molar-refractivity contribution is 6.18. The molecule has 0 saturated carbocycles. The topological polar surface area (TPSA) is 38.7 Å². The third-order valence-electron chi connectivity index (χ3n) is 4.61. The van der Waals surface area contributed by atoms with Gasteiger partial charge in [-0.05, 0) is 35.4 Å². The molecule has 30 heavy (non-hydrogen) atoms. The molecule has 0 aliphatic carbocycles. The molecule has 0 aliphatic rings. The van der Waals surface area contributed by atoms with E-state index in [2.05, 4.69) is 4.74 Å². The summed E-state index contributed by atoms with van der Waals surface area (Å²) in [7, 11) is 0. The highest BCUT2D eigenvalue weighted by Gasteiger charge is 2.58. The molecule has 0 amide bonds. The second-order valence-corrected chi connectivity index (χ2v) is 7.59. The van der Waals surface area contributed by atoms with Crippen molar-refractivity contribution in [1.29, 1.82) is 0 Å². The lowest BCUT2D eigenvalue weighted by molar-refractivity contribution is -0.290. The zero-order valence-corrected chi connectivity index (χ0v) is 17.1. The van der Waals surface area contributed by atoms with Crippen LogP contribution in [-0.2, 0) is 5.41 Å². The quantitative estimate of drug-likeness (QED) is 0.399. The first-order valence-corrected chi connectivity index (χ1v) is 9.55. The van der Waals surface area contributed by atoms with Crippen molar-refractivity contribution in [2.75, 3.05) is 19.1 Å². The summed E-state index contributed by atoms with van der Waals surface area (Å²) < 4.78 is 72.7. The van der Waals surface area contributed by atoms with Crippen molar-refractivity contribution in [2.45, 2.75) is 37.5 Å². The Morgan fingerprint density at radius 2 is 1.27 bits per heavy atom. The number of aliphatic hydroxyl groups is 1. The molecule has 0 saturated heterocycles. The Morgan fingerprint density at radius 1 is 0.833 bits per heavy atom. The summed E-state index contributed by atoms with van der Waals surface area (Å²) >= 11 is 5.52. The Balaban J connectivity index is 2.06. The number of ether oxygens (including phenoxy) is 2. The Labute approximate surface area is 176 Å². The van der Waals surface area contributed by atoms with E-state index in [1.54, 1.807) is 24.3 Å². The zero-order chi connectivity index (χ0) is 22.6. The lowest BCUT2D eigenvalue weighted by atomic mass is 9.78. The molecule has 2 aromatic rings. The van der Waals surface area contributed by atoms with Crippen molar-refractivity contribution in [2.24, 2.45) is 0 Å². The number of rotatable bonds is 9. The molecule has 2 rings (SSSR count). The minimum atomic E-state index is -5.66. The van der Waals surface area contributed by atoms with Crippen LogP contribution in [0, 0.1) is 0 Å². The first kappa shape index (κ1) is 24.2. The largest absolute Gasteiger partial charge is 0.491 e. The average Bonchev–Trinajstić information content (AvgIpc) is 2.70. The molecular weight excluding hydrogens is 431 g/mol. The van der Waals surface area contributed by atoms with Gasteiger partial charge in [-0.15, -0.1) is 11.6 Å². The number of benzene rings is 2. The minimum Gasteiger partial charge on any atom is -0.491 e. The Bertz CT molecular complexity index is 805. The molecule has 0 aliphatic heterocycles. The summed E-state index contributed by atoms with van der Waals surface area (Å²) in [5.74, 6) is -4.37. The predicted octanol–water partition coefficient (Wildman–Crippen LogP) is 5.57. The van der Waals surface area contributed by atoms with Crippen LogP contribution >= 0.6 is 11.6 Å². The number of hydrogen-bond acceptors (Lipinski definition) is 3. The van der Waals surface area contributed by atoms with Crippen molar-refractivity contribution in [3.05, 3.63) is 59.7 Å². The van der Waals surface area contributed by atoms with Gasteiger partial charge in [0, 0.05) is 5.41 Å². The molecule has 1 N–H and O–H groups in total. The summed E-state index contributed by atoms with van der Waals surface area (Å²) in [4.78, 5) is 0. The molecule has 0 aromatic heterocycles. The molecule has 0 spiro atoms. The zero-order valence-electron chi connectivity index (χ0n) is 16.3. The highest BCUT2D eigenvalue weighted by Crippen LogP contribution is 2.36. The maximum Gasteiger partial charge on any atom is 0.456 e. The third kappa shape index (κ3) is 5.98. The fourth-order valence-corrected chi connectivity index (χ4v) is 2.68. The number of hydrogen-bond donors (Lipinski definition) is 1. The smallest absolute Gasteiger partial charge is 0.456 e. The van der Waals surface area contributed by atoms with Gasteiger partial charge in [0.05, 0.1) is 5.88 Å². The molecule has 9 heteroatoms. The lowest BCUT2D eigenvalue weighted by Gasteiger charge is -2.27. The SMILES string of the molecule is CC(C)(c1ccc(OCC(O)CCl)cc1)c1ccc(OCC(F)(F)C(F)(F)F)cc1. The van der Waals surface area contributed by atoms with E-state index in [0.717, 1.165) is 11.1 Å². The first-order chi connectivity index (χ1) is 13.9. The van der Waals surface area contributed by atoms with Gasteiger partial charge < -0.3 is 14.6 Å². The van der Waals surface area contributed by atoms with Gasteiger partial charge in [0.15, 0.2) is 6.61 Å². The van der Waals surface area contributed by atoms with Crippen molar-refractivity contribution in [1.82, 2.24) is 0 Å².